The van der Waals surface area contributed by atoms with Crippen molar-refractivity contribution in [3.05, 3.63) is 29.8 Å². The van der Waals surface area contributed by atoms with Crippen molar-refractivity contribution in [3.63, 3.8) is 0 Å². The van der Waals surface area contributed by atoms with Crippen molar-refractivity contribution in [2.75, 3.05) is 11.9 Å². The van der Waals surface area contributed by atoms with Gasteiger partial charge in [-0.05, 0) is 44.2 Å². The molecule has 0 amide bonds. The first kappa shape index (κ1) is 13.9. The molecule has 0 bridgehead atoms. The van der Waals surface area contributed by atoms with Gasteiger partial charge in [-0.25, -0.2) is 0 Å². The maximum Gasteiger partial charge on any atom is 0.0701 e. The predicted molar refractivity (Wildman–Crippen MR) is 82.8 cm³/mol. The van der Waals surface area contributed by atoms with Crippen LogP contribution in [0.25, 0.3) is 0 Å². The molecule has 1 aliphatic carbocycles. The molecule has 3 unspecified atom stereocenters. The number of aliphatic hydroxyl groups excluding tert-OH is 1. The van der Waals surface area contributed by atoms with Crippen LogP contribution in [-0.2, 0) is 6.61 Å². The van der Waals surface area contributed by atoms with Crippen molar-refractivity contribution in [3.8, 4) is 0 Å². The zero-order valence-electron chi connectivity index (χ0n) is 12.1. The van der Waals surface area contributed by atoms with Crippen molar-refractivity contribution in [2.45, 2.75) is 57.2 Å². The van der Waals surface area contributed by atoms with Crippen molar-refractivity contribution in [1.29, 1.82) is 0 Å². The Balaban J connectivity index is 1.69. The normalized spacial score (nSPS) is 30.4. The number of aliphatic hydroxyl groups is 1. The van der Waals surface area contributed by atoms with Gasteiger partial charge in [-0.1, -0.05) is 31.0 Å². The molecule has 1 aromatic rings. The maximum atomic E-state index is 9.45. The number of hydrogen-bond acceptors (Lipinski definition) is 3. The summed E-state index contributed by atoms with van der Waals surface area (Å²) in [6.07, 6.45) is 7.92. The summed E-state index contributed by atoms with van der Waals surface area (Å²) in [6, 6.07) is 9.37. The number of rotatable bonds is 4. The number of benzene rings is 1. The van der Waals surface area contributed by atoms with Crippen LogP contribution in [0.3, 0.4) is 0 Å². The van der Waals surface area contributed by atoms with E-state index in [-0.39, 0.29) is 6.61 Å². The number of hydrogen-bond donors (Lipinski definition) is 3. The quantitative estimate of drug-likeness (QED) is 0.791. The summed E-state index contributed by atoms with van der Waals surface area (Å²) in [7, 11) is 0. The third-order valence-corrected chi connectivity index (χ3v) is 4.96. The average Bonchev–Trinajstić information content (AvgIpc) is 2.97. The van der Waals surface area contributed by atoms with E-state index in [4.69, 9.17) is 0 Å². The Morgan fingerprint density at radius 3 is 2.80 bits per heavy atom. The summed E-state index contributed by atoms with van der Waals surface area (Å²) in [5.41, 5.74) is 2.12. The second-order valence-electron chi connectivity index (χ2n) is 6.22. The molecule has 3 rings (SSSR count). The van der Waals surface area contributed by atoms with E-state index in [0.29, 0.717) is 12.1 Å². The van der Waals surface area contributed by atoms with Gasteiger partial charge < -0.3 is 15.7 Å². The molecule has 1 saturated carbocycles. The van der Waals surface area contributed by atoms with Gasteiger partial charge >= 0.3 is 0 Å². The van der Waals surface area contributed by atoms with Gasteiger partial charge in [0.2, 0.25) is 0 Å². The zero-order valence-corrected chi connectivity index (χ0v) is 12.1. The molecule has 1 aliphatic heterocycles. The second kappa shape index (κ2) is 6.59. The fraction of sp³-hybridized carbons (Fsp3) is 0.647. The highest BCUT2D eigenvalue weighted by molar-refractivity contribution is 5.51. The summed E-state index contributed by atoms with van der Waals surface area (Å²) >= 11 is 0. The minimum Gasteiger partial charge on any atom is -0.392 e. The van der Waals surface area contributed by atoms with Gasteiger partial charge in [-0.3, -0.25) is 0 Å². The molecular formula is C17H26N2O. The number of nitrogens with one attached hydrogen (secondary N) is 2. The molecule has 2 fully saturated rings. The van der Waals surface area contributed by atoms with Gasteiger partial charge in [0.25, 0.3) is 0 Å². The highest BCUT2D eigenvalue weighted by Crippen LogP contribution is 2.34. The van der Waals surface area contributed by atoms with E-state index in [1.165, 1.54) is 45.1 Å². The van der Waals surface area contributed by atoms with Crippen molar-refractivity contribution < 1.29 is 5.11 Å². The van der Waals surface area contributed by atoms with Crippen molar-refractivity contribution in [1.82, 2.24) is 5.32 Å². The Hall–Kier alpha value is -1.06. The Morgan fingerprint density at radius 2 is 2.00 bits per heavy atom. The van der Waals surface area contributed by atoms with E-state index in [2.05, 4.69) is 16.7 Å². The Morgan fingerprint density at radius 1 is 1.10 bits per heavy atom. The van der Waals surface area contributed by atoms with Crippen LogP contribution in [-0.4, -0.2) is 23.7 Å². The topological polar surface area (TPSA) is 44.3 Å². The van der Waals surface area contributed by atoms with Gasteiger partial charge in [0.15, 0.2) is 0 Å². The van der Waals surface area contributed by atoms with E-state index >= 15 is 0 Å². The molecule has 110 valence electrons. The minimum atomic E-state index is 0.113. The minimum absolute atomic E-state index is 0.113. The van der Waals surface area contributed by atoms with E-state index in [0.717, 1.165) is 17.2 Å². The Bertz CT molecular complexity index is 429. The van der Waals surface area contributed by atoms with Gasteiger partial charge in [0.05, 0.1) is 6.61 Å². The zero-order chi connectivity index (χ0) is 13.8. The van der Waals surface area contributed by atoms with E-state index in [1.807, 2.05) is 18.2 Å². The summed E-state index contributed by atoms with van der Waals surface area (Å²) in [5.74, 6) is 0.738. The first-order valence-electron chi connectivity index (χ1n) is 8.07. The lowest BCUT2D eigenvalue weighted by Gasteiger charge is -2.33. The van der Waals surface area contributed by atoms with Crippen LogP contribution in [0.4, 0.5) is 5.69 Å². The average molecular weight is 274 g/mol. The largest absolute Gasteiger partial charge is 0.392 e. The maximum absolute atomic E-state index is 9.45. The summed E-state index contributed by atoms with van der Waals surface area (Å²) in [6.45, 7) is 1.29. The third-order valence-electron chi connectivity index (χ3n) is 4.96. The molecule has 3 atom stereocenters. The lowest BCUT2D eigenvalue weighted by atomic mass is 9.88. The molecule has 0 radical (unpaired) electrons. The highest BCUT2D eigenvalue weighted by Gasteiger charge is 2.34. The fourth-order valence-corrected chi connectivity index (χ4v) is 3.89. The summed E-state index contributed by atoms with van der Waals surface area (Å²) in [4.78, 5) is 0. The van der Waals surface area contributed by atoms with Gasteiger partial charge in [-0.15, -0.1) is 0 Å². The molecule has 3 heteroatoms. The van der Waals surface area contributed by atoms with Crippen molar-refractivity contribution >= 4 is 5.69 Å². The van der Waals surface area contributed by atoms with E-state index < -0.39 is 0 Å². The summed E-state index contributed by atoms with van der Waals surface area (Å²) in [5, 5.41) is 16.9. The van der Waals surface area contributed by atoms with E-state index in [1.54, 1.807) is 0 Å². The Labute approximate surface area is 121 Å². The first-order valence-corrected chi connectivity index (χ1v) is 8.07. The molecular weight excluding hydrogens is 248 g/mol. The molecule has 3 nitrogen and oxygen atoms in total. The van der Waals surface area contributed by atoms with Crippen LogP contribution in [0.15, 0.2) is 24.3 Å². The van der Waals surface area contributed by atoms with Crippen LogP contribution >= 0.6 is 0 Å². The number of anilines is 1. The van der Waals surface area contributed by atoms with Crippen LogP contribution in [0.5, 0.6) is 0 Å². The second-order valence-corrected chi connectivity index (χ2v) is 6.22. The molecule has 3 N–H and O–H groups in total. The van der Waals surface area contributed by atoms with Gasteiger partial charge in [0, 0.05) is 23.3 Å². The van der Waals surface area contributed by atoms with Crippen LogP contribution in [0.1, 0.15) is 44.1 Å². The first-order chi connectivity index (χ1) is 9.88. The summed E-state index contributed by atoms with van der Waals surface area (Å²) < 4.78 is 0. The molecule has 1 heterocycles. The van der Waals surface area contributed by atoms with Gasteiger partial charge in [-0.2, -0.15) is 0 Å². The van der Waals surface area contributed by atoms with Crippen molar-refractivity contribution in [2.24, 2.45) is 5.92 Å². The lowest BCUT2D eigenvalue weighted by molar-refractivity contribution is 0.280. The SMILES string of the molecule is OCc1ccccc1NC1CCCC1C1CCCCN1. The number of para-hydroxylation sites is 1. The van der Waals surface area contributed by atoms with Crippen LogP contribution in [0, 0.1) is 5.92 Å². The van der Waals surface area contributed by atoms with Crippen LogP contribution < -0.4 is 10.6 Å². The lowest BCUT2D eigenvalue weighted by Crippen LogP contribution is -2.44. The van der Waals surface area contributed by atoms with Crippen LogP contribution in [0.2, 0.25) is 0 Å². The third kappa shape index (κ3) is 2.99. The number of piperidine rings is 1. The molecule has 1 aromatic carbocycles. The van der Waals surface area contributed by atoms with E-state index in [9.17, 15) is 5.11 Å². The molecule has 20 heavy (non-hydrogen) atoms. The molecule has 1 saturated heterocycles. The Kier molecular flexibility index (Phi) is 4.58. The molecule has 0 spiro atoms. The highest BCUT2D eigenvalue weighted by atomic mass is 16.3. The predicted octanol–water partition coefficient (Wildman–Crippen LogP) is 2.90. The molecule has 2 aliphatic rings. The standard InChI is InChI=1S/C17H26N2O/c20-12-13-6-1-2-8-15(13)19-17-10-5-7-14(17)16-9-3-4-11-18-16/h1-2,6,8,14,16-20H,3-5,7,9-12H2. The van der Waals surface area contributed by atoms with Gasteiger partial charge in [0.1, 0.15) is 0 Å². The fourth-order valence-electron chi connectivity index (χ4n) is 3.89. The molecule has 0 aromatic heterocycles. The monoisotopic (exact) mass is 274 g/mol. The smallest absolute Gasteiger partial charge is 0.0701 e.